The van der Waals surface area contributed by atoms with Crippen LogP contribution in [0.5, 0.6) is 0 Å². The minimum absolute atomic E-state index is 0.0792. The lowest BCUT2D eigenvalue weighted by Gasteiger charge is -2.52. The third-order valence-corrected chi connectivity index (χ3v) is 7.82. The van der Waals surface area contributed by atoms with Crippen LogP contribution < -0.4 is 5.73 Å². The molecule has 1 heterocycles. The molecule has 1 saturated carbocycles. The topological polar surface area (TPSA) is 81.1 Å². The largest absolute Gasteiger partial charge is 0.382 e. The molecule has 3 atom stereocenters. The number of nitrogens with two attached hydrogens (primary N) is 1. The highest BCUT2D eigenvalue weighted by Gasteiger charge is 2.51. The predicted octanol–water partition coefficient (Wildman–Crippen LogP) is 4.44. The molecule has 0 bridgehead atoms. The lowest BCUT2D eigenvalue weighted by molar-refractivity contribution is -0.00801. The molecule has 0 unspecified atom stereocenters. The number of nitrogens with zero attached hydrogens (tertiary/aromatic N) is 2. The second kappa shape index (κ2) is 8.45. The fourth-order valence-electron chi connectivity index (χ4n) is 6.28. The SMILES string of the molecule is CC#C[C@@]1(O)CC[C@@]2(Cc3ccccc3)c3ccc(C(=O)n4nc(N)cc4C)cc3CC[C@@H]2C1. The number of aromatic nitrogens is 2. The smallest absolute Gasteiger partial charge is 0.278 e. The Morgan fingerprint density at radius 2 is 2.00 bits per heavy atom. The van der Waals surface area contributed by atoms with E-state index in [0.717, 1.165) is 31.4 Å². The van der Waals surface area contributed by atoms with E-state index in [9.17, 15) is 9.90 Å². The van der Waals surface area contributed by atoms with Crippen molar-refractivity contribution in [3.63, 3.8) is 0 Å². The molecule has 0 spiro atoms. The number of rotatable bonds is 3. The van der Waals surface area contributed by atoms with E-state index in [1.807, 2.05) is 25.1 Å². The summed E-state index contributed by atoms with van der Waals surface area (Å²) in [5.74, 6) is 6.55. The van der Waals surface area contributed by atoms with Crippen molar-refractivity contribution < 1.29 is 9.90 Å². The summed E-state index contributed by atoms with van der Waals surface area (Å²) >= 11 is 0. The minimum Gasteiger partial charge on any atom is -0.382 e. The Hall–Kier alpha value is -3.36. The second-order valence-electron chi connectivity index (χ2n) is 9.96. The van der Waals surface area contributed by atoms with Gasteiger partial charge in [0.05, 0.1) is 0 Å². The summed E-state index contributed by atoms with van der Waals surface area (Å²) in [6.45, 7) is 3.63. The number of fused-ring (bicyclic) bond motifs is 3. The molecule has 2 aliphatic rings. The number of hydrogen-bond acceptors (Lipinski definition) is 4. The normalized spacial score (nSPS) is 25.6. The fraction of sp³-hybridized carbons (Fsp3) is 0.379. The van der Waals surface area contributed by atoms with Gasteiger partial charge < -0.3 is 10.8 Å². The first kappa shape index (κ1) is 22.4. The monoisotopic (exact) mass is 453 g/mol. The summed E-state index contributed by atoms with van der Waals surface area (Å²) in [7, 11) is 0. The van der Waals surface area contributed by atoms with Crippen LogP contribution in [0.3, 0.4) is 0 Å². The molecular formula is C29H31N3O2. The Morgan fingerprint density at radius 3 is 2.71 bits per heavy atom. The summed E-state index contributed by atoms with van der Waals surface area (Å²) in [6, 6.07) is 18.4. The van der Waals surface area contributed by atoms with Gasteiger partial charge in [0.25, 0.3) is 5.91 Å². The molecule has 1 aromatic heterocycles. The Morgan fingerprint density at radius 1 is 1.21 bits per heavy atom. The van der Waals surface area contributed by atoms with Gasteiger partial charge in [0.2, 0.25) is 0 Å². The number of hydrogen-bond donors (Lipinski definition) is 2. The van der Waals surface area contributed by atoms with E-state index in [0.29, 0.717) is 30.1 Å². The van der Waals surface area contributed by atoms with Crippen LogP contribution in [0, 0.1) is 24.7 Å². The molecule has 1 fully saturated rings. The Bertz CT molecular complexity index is 1300. The van der Waals surface area contributed by atoms with Crippen LogP contribution in [-0.2, 0) is 18.3 Å². The van der Waals surface area contributed by atoms with Gasteiger partial charge >= 0.3 is 0 Å². The minimum atomic E-state index is -0.912. The molecule has 3 N–H and O–H groups in total. The van der Waals surface area contributed by atoms with Gasteiger partial charge in [-0.2, -0.15) is 4.68 Å². The van der Waals surface area contributed by atoms with E-state index in [1.165, 1.54) is 21.4 Å². The average molecular weight is 454 g/mol. The van der Waals surface area contributed by atoms with Gasteiger partial charge in [0, 0.05) is 22.7 Å². The second-order valence-corrected chi connectivity index (χ2v) is 9.96. The van der Waals surface area contributed by atoms with Crippen molar-refractivity contribution in [2.75, 3.05) is 5.73 Å². The first-order valence-corrected chi connectivity index (χ1v) is 12.0. The third kappa shape index (κ3) is 3.82. The van der Waals surface area contributed by atoms with Gasteiger partial charge in [0.15, 0.2) is 0 Å². The van der Waals surface area contributed by atoms with Gasteiger partial charge in [-0.3, -0.25) is 4.79 Å². The summed E-state index contributed by atoms with van der Waals surface area (Å²) in [4.78, 5) is 13.2. The van der Waals surface area contributed by atoms with Crippen LogP contribution in [0.2, 0.25) is 0 Å². The van der Waals surface area contributed by atoms with Crippen molar-refractivity contribution >= 4 is 11.7 Å². The number of aryl methyl sites for hydroxylation is 2. The van der Waals surface area contributed by atoms with Gasteiger partial charge in [-0.15, -0.1) is 11.0 Å². The summed E-state index contributed by atoms with van der Waals surface area (Å²) in [5, 5.41) is 15.3. The number of carbonyl (C=O) groups excluding carboxylic acids is 1. The van der Waals surface area contributed by atoms with E-state index in [-0.39, 0.29) is 11.3 Å². The molecule has 0 amide bonds. The van der Waals surface area contributed by atoms with Gasteiger partial charge in [-0.1, -0.05) is 42.3 Å². The quantitative estimate of drug-likeness (QED) is 0.575. The van der Waals surface area contributed by atoms with Crippen LogP contribution in [-0.4, -0.2) is 26.4 Å². The Kier molecular flexibility index (Phi) is 5.58. The van der Waals surface area contributed by atoms with Crippen molar-refractivity contribution in [3.8, 4) is 11.8 Å². The highest BCUT2D eigenvalue weighted by Crippen LogP contribution is 2.54. The van der Waals surface area contributed by atoms with Crippen molar-refractivity contribution in [3.05, 3.63) is 82.5 Å². The summed E-state index contributed by atoms with van der Waals surface area (Å²) < 4.78 is 1.38. The number of nitrogen functional groups attached to an aromatic ring is 1. The van der Waals surface area contributed by atoms with Crippen LogP contribution >= 0.6 is 0 Å². The fourth-order valence-corrected chi connectivity index (χ4v) is 6.28. The van der Waals surface area contributed by atoms with Crippen molar-refractivity contribution in [1.29, 1.82) is 0 Å². The van der Waals surface area contributed by atoms with Crippen molar-refractivity contribution in [2.45, 2.75) is 63.4 Å². The van der Waals surface area contributed by atoms with Gasteiger partial charge in [0.1, 0.15) is 11.4 Å². The molecule has 174 valence electrons. The molecule has 2 aromatic carbocycles. The first-order valence-electron chi connectivity index (χ1n) is 12.0. The lowest BCUT2D eigenvalue weighted by atomic mass is 9.52. The maximum atomic E-state index is 13.2. The molecule has 34 heavy (non-hydrogen) atoms. The van der Waals surface area contributed by atoms with E-state index in [2.05, 4.69) is 47.3 Å². The molecule has 0 aliphatic heterocycles. The number of anilines is 1. The molecule has 5 heteroatoms. The zero-order valence-corrected chi connectivity index (χ0v) is 19.8. The molecule has 5 rings (SSSR count). The third-order valence-electron chi connectivity index (χ3n) is 7.82. The molecular weight excluding hydrogens is 422 g/mol. The van der Waals surface area contributed by atoms with Crippen LogP contribution in [0.25, 0.3) is 0 Å². The standard InChI is InChI=1S/C29H31N3O2/c1-3-13-28(34)14-15-29(18-21-7-5-4-6-8-21)24(19-28)11-9-22-17-23(10-12-25(22)29)27(33)32-20(2)16-26(30)31-32/h4-8,10,12,16-17,24,34H,9,11,14-15,18-19H2,1-2H3,(H2,30,31)/t24-,28-,29+/m1/s1. The Balaban J connectivity index is 1.56. The average Bonchev–Trinajstić information content (AvgIpc) is 3.17. The first-order chi connectivity index (χ1) is 16.3. The maximum Gasteiger partial charge on any atom is 0.278 e. The van der Waals surface area contributed by atoms with Crippen LogP contribution in [0.15, 0.2) is 54.6 Å². The molecule has 5 nitrogen and oxygen atoms in total. The number of benzene rings is 2. The lowest BCUT2D eigenvalue weighted by Crippen LogP contribution is -2.50. The summed E-state index contributed by atoms with van der Waals surface area (Å²) in [6.07, 6.45) is 4.98. The van der Waals surface area contributed by atoms with Gasteiger partial charge in [-0.25, -0.2) is 0 Å². The molecule has 0 saturated heterocycles. The zero-order valence-electron chi connectivity index (χ0n) is 19.8. The highest BCUT2D eigenvalue weighted by molar-refractivity contribution is 5.96. The van der Waals surface area contributed by atoms with E-state index in [1.54, 1.807) is 13.0 Å². The van der Waals surface area contributed by atoms with Crippen LogP contribution in [0.4, 0.5) is 5.82 Å². The van der Waals surface area contributed by atoms with Crippen molar-refractivity contribution in [2.24, 2.45) is 5.92 Å². The predicted molar refractivity (Wildman–Crippen MR) is 133 cm³/mol. The Labute approximate surface area is 201 Å². The number of carbonyl (C=O) groups is 1. The highest BCUT2D eigenvalue weighted by atomic mass is 16.3. The van der Waals surface area contributed by atoms with E-state index >= 15 is 0 Å². The van der Waals surface area contributed by atoms with Crippen molar-refractivity contribution in [1.82, 2.24) is 9.78 Å². The van der Waals surface area contributed by atoms with E-state index in [4.69, 9.17) is 5.73 Å². The zero-order chi connectivity index (χ0) is 23.9. The van der Waals surface area contributed by atoms with E-state index < -0.39 is 5.60 Å². The number of aliphatic hydroxyl groups is 1. The summed E-state index contributed by atoms with van der Waals surface area (Å²) in [5.41, 5.74) is 10.00. The van der Waals surface area contributed by atoms with Crippen LogP contribution in [0.1, 0.15) is 65.3 Å². The molecule has 0 radical (unpaired) electrons. The molecule has 2 aliphatic carbocycles. The van der Waals surface area contributed by atoms with Gasteiger partial charge in [-0.05, 0) is 87.1 Å². The maximum absolute atomic E-state index is 13.2. The molecule has 3 aromatic rings.